The highest BCUT2D eigenvalue weighted by molar-refractivity contribution is 7.19. The van der Waals surface area contributed by atoms with Gasteiger partial charge in [0.2, 0.25) is 4.96 Å². The number of methoxy groups -OCH3 is 1. The Kier molecular flexibility index (Phi) is 6.97. The van der Waals surface area contributed by atoms with Gasteiger partial charge in [-0.15, -0.1) is 0 Å². The summed E-state index contributed by atoms with van der Waals surface area (Å²) in [6.07, 6.45) is 0. The lowest BCUT2D eigenvalue weighted by molar-refractivity contribution is 0.0602. The summed E-state index contributed by atoms with van der Waals surface area (Å²) >= 11 is 1.39. The molecule has 0 spiro atoms. The van der Waals surface area contributed by atoms with Crippen LogP contribution in [0.1, 0.15) is 21.6 Å². The molecule has 0 saturated carbocycles. The highest BCUT2D eigenvalue weighted by Gasteiger charge is 2.23. The molecule has 2 aromatic heterocycles. The molecule has 2 aromatic carbocycles. The smallest absolute Gasteiger partial charge is 0.339 e. The van der Waals surface area contributed by atoms with E-state index in [1.54, 1.807) is 29.2 Å². The van der Waals surface area contributed by atoms with Crippen molar-refractivity contribution in [1.29, 1.82) is 0 Å². The minimum absolute atomic E-state index is 0.211. The van der Waals surface area contributed by atoms with Gasteiger partial charge in [0.1, 0.15) is 5.01 Å². The number of piperazine rings is 1. The van der Waals surface area contributed by atoms with Crippen LogP contribution in [0.3, 0.4) is 0 Å². The summed E-state index contributed by atoms with van der Waals surface area (Å²) in [4.78, 5) is 46.6. The van der Waals surface area contributed by atoms with E-state index < -0.39 is 5.97 Å². The lowest BCUT2D eigenvalue weighted by Gasteiger charge is -2.34. The van der Waals surface area contributed by atoms with Crippen molar-refractivity contribution in [3.8, 4) is 10.6 Å². The molecular weight excluding hydrogens is 492 g/mol. The summed E-state index contributed by atoms with van der Waals surface area (Å²) in [6.45, 7) is 4.79. The number of aryl methyl sites for hydroxylation is 1. The number of aromatic nitrogens is 3. The molecule has 3 heterocycles. The minimum Gasteiger partial charge on any atom is -0.465 e. The predicted octanol–water partition coefficient (Wildman–Crippen LogP) is 3.26. The van der Waals surface area contributed by atoms with Crippen molar-refractivity contribution in [2.24, 2.45) is 0 Å². The standard InChI is InChI=1S/C26H26N6O4S/c1-17-6-5-7-18(14-17)23-29-32-22(33)15-19(27-26(32)37-23)16-30-10-12-31(13-11-30)25(35)28-21-9-4-3-8-20(21)24(34)36-2/h3-9,14-15H,10-13,16H2,1-2H3,(H,28,35). The van der Waals surface area contributed by atoms with Gasteiger partial charge >= 0.3 is 12.0 Å². The second kappa shape index (κ2) is 10.5. The second-order valence-corrected chi connectivity index (χ2v) is 9.74. The number of nitrogens with one attached hydrogen (secondary N) is 1. The van der Waals surface area contributed by atoms with Crippen molar-refractivity contribution in [2.45, 2.75) is 13.5 Å². The molecule has 1 fully saturated rings. The number of carbonyl (C=O) groups is 2. The third kappa shape index (κ3) is 5.37. The van der Waals surface area contributed by atoms with E-state index >= 15 is 0 Å². The fourth-order valence-corrected chi connectivity index (χ4v) is 5.16. The average molecular weight is 519 g/mol. The van der Waals surface area contributed by atoms with Gasteiger partial charge in [-0.2, -0.15) is 9.61 Å². The second-order valence-electron chi connectivity index (χ2n) is 8.79. The van der Waals surface area contributed by atoms with Crippen LogP contribution in [0, 0.1) is 6.92 Å². The third-order valence-electron chi connectivity index (χ3n) is 6.18. The number of anilines is 1. The molecule has 0 atom stereocenters. The highest BCUT2D eigenvalue weighted by atomic mass is 32.1. The van der Waals surface area contributed by atoms with Crippen LogP contribution in [-0.4, -0.2) is 69.7 Å². The van der Waals surface area contributed by atoms with Crippen LogP contribution < -0.4 is 10.9 Å². The summed E-state index contributed by atoms with van der Waals surface area (Å²) in [5.41, 5.74) is 3.26. The number of rotatable bonds is 5. The largest absolute Gasteiger partial charge is 0.465 e. The zero-order chi connectivity index (χ0) is 25.9. The normalized spacial score (nSPS) is 14.1. The summed E-state index contributed by atoms with van der Waals surface area (Å²) in [5.74, 6) is -0.506. The van der Waals surface area contributed by atoms with Gasteiger partial charge in [-0.3, -0.25) is 9.69 Å². The van der Waals surface area contributed by atoms with Crippen LogP contribution in [0.2, 0.25) is 0 Å². The molecule has 11 heteroatoms. The lowest BCUT2D eigenvalue weighted by Crippen LogP contribution is -2.49. The SMILES string of the molecule is COC(=O)c1ccccc1NC(=O)N1CCN(Cc2cc(=O)n3nc(-c4cccc(C)c4)sc3n2)CC1. The Morgan fingerprint density at radius 3 is 2.59 bits per heavy atom. The predicted molar refractivity (Wildman–Crippen MR) is 141 cm³/mol. The van der Waals surface area contributed by atoms with Crippen molar-refractivity contribution in [3.63, 3.8) is 0 Å². The van der Waals surface area contributed by atoms with E-state index in [0.717, 1.165) is 16.1 Å². The van der Waals surface area contributed by atoms with E-state index in [0.29, 0.717) is 54.6 Å². The van der Waals surface area contributed by atoms with E-state index in [1.807, 2.05) is 31.2 Å². The number of ether oxygens (including phenoxy) is 1. The maximum atomic E-state index is 12.8. The molecule has 0 bridgehead atoms. The number of esters is 1. The minimum atomic E-state index is -0.506. The van der Waals surface area contributed by atoms with Crippen LogP contribution in [0.15, 0.2) is 59.4 Å². The number of benzene rings is 2. The molecule has 0 unspecified atom stereocenters. The molecule has 1 aliphatic rings. The van der Waals surface area contributed by atoms with Crippen LogP contribution in [0.4, 0.5) is 10.5 Å². The Balaban J connectivity index is 1.23. The van der Waals surface area contributed by atoms with Gasteiger partial charge < -0.3 is 15.0 Å². The number of amides is 2. The van der Waals surface area contributed by atoms with Crippen LogP contribution in [0.25, 0.3) is 15.5 Å². The first-order valence-corrected chi connectivity index (χ1v) is 12.7. The topological polar surface area (TPSA) is 109 Å². The Hall–Kier alpha value is -4.09. The van der Waals surface area contributed by atoms with Gasteiger partial charge in [-0.05, 0) is 25.1 Å². The first-order chi connectivity index (χ1) is 17.9. The molecule has 2 amide bonds. The van der Waals surface area contributed by atoms with Crippen molar-refractivity contribution < 1.29 is 14.3 Å². The van der Waals surface area contributed by atoms with E-state index in [9.17, 15) is 14.4 Å². The number of para-hydroxylation sites is 1. The van der Waals surface area contributed by atoms with Crippen LogP contribution in [0.5, 0.6) is 0 Å². The number of nitrogens with zero attached hydrogens (tertiary/aromatic N) is 5. The van der Waals surface area contributed by atoms with Crippen molar-refractivity contribution >= 4 is 34.0 Å². The van der Waals surface area contributed by atoms with Crippen molar-refractivity contribution in [1.82, 2.24) is 24.4 Å². The quantitative estimate of drug-likeness (QED) is 0.404. The Morgan fingerprint density at radius 2 is 1.84 bits per heavy atom. The Bertz CT molecular complexity index is 1520. The monoisotopic (exact) mass is 518 g/mol. The first-order valence-electron chi connectivity index (χ1n) is 11.8. The summed E-state index contributed by atoms with van der Waals surface area (Å²) < 4.78 is 6.14. The molecule has 1 aliphatic heterocycles. The van der Waals surface area contributed by atoms with Crippen molar-refractivity contribution in [3.05, 3.63) is 81.8 Å². The molecule has 0 radical (unpaired) electrons. The van der Waals surface area contributed by atoms with E-state index in [4.69, 9.17) is 4.74 Å². The molecule has 190 valence electrons. The molecule has 0 aliphatic carbocycles. The van der Waals surface area contributed by atoms with Gasteiger partial charge in [0.05, 0.1) is 24.1 Å². The Labute approximate surface area is 217 Å². The van der Waals surface area contributed by atoms with Gasteiger partial charge in [-0.25, -0.2) is 14.6 Å². The number of carbonyl (C=O) groups excluding carboxylic acids is 2. The fourth-order valence-electron chi connectivity index (χ4n) is 4.24. The molecule has 4 aromatic rings. The van der Waals surface area contributed by atoms with Crippen molar-refractivity contribution in [2.75, 3.05) is 38.6 Å². The highest BCUT2D eigenvalue weighted by Crippen LogP contribution is 2.25. The van der Waals surface area contributed by atoms with E-state index in [2.05, 4.69) is 20.3 Å². The molecule has 37 heavy (non-hydrogen) atoms. The van der Waals surface area contributed by atoms with E-state index in [-0.39, 0.29) is 11.6 Å². The third-order valence-corrected chi connectivity index (χ3v) is 7.14. The lowest BCUT2D eigenvalue weighted by atomic mass is 10.1. The zero-order valence-corrected chi connectivity index (χ0v) is 21.3. The summed E-state index contributed by atoms with van der Waals surface area (Å²) in [5, 5.41) is 8.03. The van der Waals surface area contributed by atoms with Gasteiger partial charge in [0.25, 0.3) is 5.56 Å². The molecular formula is C26H26N6O4S. The first kappa shape index (κ1) is 24.6. The van der Waals surface area contributed by atoms with Gasteiger partial charge in [0, 0.05) is 44.4 Å². The van der Waals surface area contributed by atoms with Gasteiger partial charge in [0.15, 0.2) is 0 Å². The summed E-state index contributed by atoms with van der Waals surface area (Å²) in [7, 11) is 1.30. The Morgan fingerprint density at radius 1 is 1.05 bits per heavy atom. The zero-order valence-electron chi connectivity index (χ0n) is 20.5. The van der Waals surface area contributed by atoms with Crippen LogP contribution in [-0.2, 0) is 11.3 Å². The average Bonchev–Trinajstić information content (AvgIpc) is 3.34. The number of fused-ring (bicyclic) bond motifs is 1. The molecule has 5 rings (SSSR count). The number of hydrogen-bond donors (Lipinski definition) is 1. The maximum absolute atomic E-state index is 12.8. The van der Waals surface area contributed by atoms with E-state index in [1.165, 1.54) is 29.0 Å². The van der Waals surface area contributed by atoms with Crippen LogP contribution >= 0.6 is 11.3 Å². The molecule has 10 nitrogen and oxygen atoms in total. The van der Waals surface area contributed by atoms with Gasteiger partial charge in [-0.1, -0.05) is 47.2 Å². The molecule has 1 saturated heterocycles. The number of hydrogen-bond acceptors (Lipinski definition) is 8. The summed E-state index contributed by atoms with van der Waals surface area (Å²) in [6, 6.07) is 16.0. The number of urea groups is 1. The maximum Gasteiger partial charge on any atom is 0.339 e. The fraction of sp³-hybridized carbons (Fsp3) is 0.269. The molecule has 1 N–H and O–H groups in total.